The van der Waals surface area contributed by atoms with Crippen molar-refractivity contribution in [2.24, 2.45) is 0 Å². The van der Waals surface area contributed by atoms with Crippen LogP contribution in [0.4, 0.5) is 8.78 Å². The van der Waals surface area contributed by atoms with Gasteiger partial charge in [0.25, 0.3) is 0 Å². The Kier molecular flexibility index (Phi) is 10.6. The van der Waals surface area contributed by atoms with Crippen molar-refractivity contribution >= 4 is 0 Å². The van der Waals surface area contributed by atoms with Gasteiger partial charge in [-0.05, 0) is 49.1 Å². The van der Waals surface area contributed by atoms with E-state index < -0.39 is 12.3 Å². The van der Waals surface area contributed by atoms with E-state index in [-0.39, 0.29) is 13.0 Å². The second-order valence-corrected chi connectivity index (χ2v) is 7.56. The Labute approximate surface area is 173 Å². The second-order valence-electron chi connectivity index (χ2n) is 7.56. The Hall–Kier alpha value is -2.04. The molecule has 2 unspecified atom stereocenters. The van der Waals surface area contributed by atoms with Crippen molar-refractivity contribution in [1.29, 1.82) is 0 Å². The zero-order chi connectivity index (χ0) is 20.9. The van der Waals surface area contributed by atoms with Crippen LogP contribution in [0.5, 0.6) is 5.75 Å². The second kappa shape index (κ2) is 13.2. The first-order valence-electron chi connectivity index (χ1n) is 11.0. The van der Waals surface area contributed by atoms with Crippen molar-refractivity contribution in [3.05, 3.63) is 42.2 Å². The van der Waals surface area contributed by atoms with Crippen molar-refractivity contribution in [1.82, 2.24) is 9.97 Å². The first kappa shape index (κ1) is 23.2. The van der Waals surface area contributed by atoms with E-state index >= 15 is 0 Å². The van der Waals surface area contributed by atoms with E-state index in [1.807, 2.05) is 24.5 Å². The number of unbranched alkanes of at least 4 members (excludes halogenated alkanes) is 6. The third-order valence-corrected chi connectivity index (χ3v) is 5.08. The summed E-state index contributed by atoms with van der Waals surface area (Å²) in [7, 11) is 0. The maximum Gasteiger partial charge on any atom is 0.165 e. The number of alkyl halides is 2. The van der Waals surface area contributed by atoms with Gasteiger partial charge in [0.15, 0.2) is 12.0 Å². The van der Waals surface area contributed by atoms with Crippen LogP contribution in [0.25, 0.3) is 11.4 Å². The Balaban J connectivity index is 1.76. The molecule has 0 aliphatic heterocycles. The highest BCUT2D eigenvalue weighted by molar-refractivity contribution is 5.55. The number of ether oxygens (including phenoxy) is 1. The highest BCUT2D eigenvalue weighted by Crippen LogP contribution is 2.20. The molecule has 1 heterocycles. The molecule has 0 spiro atoms. The molecule has 3 nitrogen and oxygen atoms in total. The summed E-state index contributed by atoms with van der Waals surface area (Å²) in [5, 5.41) is 0. The summed E-state index contributed by atoms with van der Waals surface area (Å²) in [4.78, 5) is 8.93. The zero-order valence-electron chi connectivity index (χ0n) is 17.7. The molecule has 0 saturated heterocycles. The molecule has 2 aromatic rings. The third-order valence-electron chi connectivity index (χ3n) is 5.08. The van der Waals surface area contributed by atoms with Gasteiger partial charge in [0, 0.05) is 18.0 Å². The predicted octanol–water partition coefficient (Wildman–Crippen LogP) is 6.90. The molecular weight excluding hydrogens is 370 g/mol. The van der Waals surface area contributed by atoms with Crippen LogP contribution in [0, 0.1) is 0 Å². The molecule has 1 aromatic heterocycles. The summed E-state index contributed by atoms with van der Waals surface area (Å²) in [5.41, 5.74) is 2.03. The van der Waals surface area contributed by atoms with Gasteiger partial charge in [-0.2, -0.15) is 0 Å². The Bertz CT molecular complexity index is 676. The lowest BCUT2D eigenvalue weighted by Gasteiger charge is -2.13. The first-order chi connectivity index (χ1) is 14.1. The van der Waals surface area contributed by atoms with Gasteiger partial charge in [0.05, 0.1) is 0 Å². The lowest BCUT2D eigenvalue weighted by atomic mass is 10.1. The molecule has 5 heteroatoms. The first-order valence-corrected chi connectivity index (χ1v) is 11.0. The van der Waals surface area contributed by atoms with Gasteiger partial charge in [-0.1, -0.05) is 52.4 Å². The Morgan fingerprint density at radius 3 is 2.07 bits per heavy atom. The lowest BCUT2D eigenvalue weighted by Crippen LogP contribution is -2.23. The smallest absolute Gasteiger partial charge is 0.165 e. The summed E-state index contributed by atoms with van der Waals surface area (Å²) >= 11 is 0. The maximum atomic E-state index is 13.5. The minimum absolute atomic E-state index is 0.149. The molecule has 0 radical (unpaired) electrons. The number of hydrogen-bond donors (Lipinski definition) is 0. The zero-order valence-corrected chi connectivity index (χ0v) is 17.7. The molecule has 2 atom stereocenters. The van der Waals surface area contributed by atoms with Gasteiger partial charge in [-0.25, -0.2) is 18.7 Å². The number of aryl methyl sites for hydroxylation is 1. The topological polar surface area (TPSA) is 35.0 Å². The standard InChI is InChI=1S/C24H34F2N2O/c1-3-5-6-7-8-9-10-11-19-16-27-24(28-17-19)20-12-14-21(15-13-20)29-18-23(26)22(25)4-2/h12-17,22-23H,3-11,18H2,1-2H3. The van der Waals surface area contributed by atoms with Crippen molar-refractivity contribution in [2.75, 3.05) is 6.61 Å². The minimum Gasteiger partial charge on any atom is -0.490 e. The third kappa shape index (κ3) is 8.46. The van der Waals surface area contributed by atoms with E-state index in [1.165, 1.54) is 44.9 Å². The molecule has 1 aromatic carbocycles. The molecule has 0 bridgehead atoms. The lowest BCUT2D eigenvalue weighted by molar-refractivity contribution is 0.106. The van der Waals surface area contributed by atoms with E-state index in [1.54, 1.807) is 19.1 Å². The summed E-state index contributed by atoms with van der Waals surface area (Å²) in [5.74, 6) is 1.16. The molecule has 0 N–H and O–H groups in total. The van der Waals surface area contributed by atoms with Gasteiger partial charge >= 0.3 is 0 Å². The number of aromatic nitrogens is 2. The van der Waals surface area contributed by atoms with E-state index in [0.717, 1.165) is 17.5 Å². The quantitative estimate of drug-likeness (QED) is 0.321. The van der Waals surface area contributed by atoms with Gasteiger partial charge in [0.1, 0.15) is 18.5 Å². The number of rotatable bonds is 14. The van der Waals surface area contributed by atoms with E-state index in [9.17, 15) is 8.78 Å². The molecule has 0 aliphatic rings. The van der Waals surface area contributed by atoms with Crippen molar-refractivity contribution < 1.29 is 13.5 Å². The van der Waals surface area contributed by atoms with Crippen LogP contribution < -0.4 is 4.74 Å². The number of hydrogen-bond acceptors (Lipinski definition) is 3. The van der Waals surface area contributed by atoms with Gasteiger partial charge in [0.2, 0.25) is 0 Å². The average molecular weight is 405 g/mol. The molecule has 29 heavy (non-hydrogen) atoms. The number of nitrogens with zero attached hydrogens (tertiary/aromatic N) is 2. The summed E-state index contributed by atoms with van der Waals surface area (Å²) in [6.07, 6.45) is 10.9. The normalized spacial score (nSPS) is 13.2. The van der Waals surface area contributed by atoms with Crippen molar-refractivity contribution in [2.45, 2.75) is 84.0 Å². The van der Waals surface area contributed by atoms with Crippen LogP contribution in [0.3, 0.4) is 0 Å². The maximum absolute atomic E-state index is 13.5. The van der Waals surface area contributed by atoms with Gasteiger partial charge in [-0.3, -0.25) is 0 Å². The van der Waals surface area contributed by atoms with Crippen molar-refractivity contribution in [3.63, 3.8) is 0 Å². The molecule has 0 amide bonds. The molecule has 0 fully saturated rings. The predicted molar refractivity (Wildman–Crippen MR) is 115 cm³/mol. The number of benzene rings is 1. The molecule has 2 rings (SSSR count). The SMILES string of the molecule is CCCCCCCCCc1cnc(-c2ccc(OCC(F)C(F)CC)cc2)nc1. The van der Waals surface area contributed by atoms with Gasteiger partial charge < -0.3 is 4.74 Å². The summed E-state index contributed by atoms with van der Waals surface area (Å²) in [6, 6.07) is 7.13. The van der Waals surface area contributed by atoms with E-state index in [2.05, 4.69) is 16.9 Å². The van der Waals surface area contributed by atoms with Crippen LogP contribution in [0.15, 0.2) is 36.7 Å². The monoisotopic (exact) mass is 404 g/mol. The van der Waals surface area contributed by atoms with E-state index in [0.29, 0.717) is 11.6 Å². The average Bonchev–Trinajstić information content (AvgIpc) is 2.77. The van der Waals surface area contributed by atoms with Crippen LogP contribution in [-0.2, 0) is 6.42 Å². The van der Waals surface area contributed by atoms with Gasteiger partial charge in [-0.15, -0.1) is 0 Å². The fourth-order valence-electron chi connectivity index (χ4n) is 3.16. The van der Waals surface area contributed by atoms with Crippen molar-refractivity contribution in [3.8, 4) is 17.1 Å². The summed E-state index contributed by atoms with van der Waals surface area (Å²) < 4.78 is 32.1. The molecule has 160 valence electrons. The molecule has 0 aliphatic carbocycles. The number of halogens is 2. The fraction of sp³-hybridized carbons (Fsp3) is 0.583. The van der Waals surface area contributed by atoms with Crippen LogP contribution in [-0.4, -0.2) is 28.9 Å². The molecular formula is C24H34F2N2O. The highest BCUT2D eigenvalue weighted by Gasteiger charge is 2.19. The fourth-order valence-corrected chi connectivity index (χ4v) is 3.16. The molecule has 0 saturated carbocycles. The van der Waals surface area contributed by atoms with Crippen LogP contribution >= 0.6 is 0 Å². The summed E-state index contributed by atoms with van der Waals surface area (Å²) in [6.45, 7) is 3.58. The highest BCUT2D eigenvalue weighted by atomic mass is 19.2. The largest absolute Gasteiger partial charge is 0.490 e. The Morgan fingerprint density at radius 1 is 0.828 bits per heavy atom. The van der Waals surface area contributed by atoms with Crippen LogP contribution in [0.1, 0.15) is 70.8 Å². The van der Waals surface area contributed by atoms with E-state index in [4.69, 9.17) is 4.74 Å². The minimum atomic E-state index is -1.60. The van der Waals surface area contributed by atoms with Crippen LogP contribution in [0.2, 0.25) is 0 Å². The Morgan fingerprint density at radius 2 is 1.45 bits per heavy atom.